The van der Waals surface area contributed by atoms with Crippen LogP contribution in [0.15, 0.2) is 12.1 Å². The first-order valence-corrected chi connectivity index (χ1v) is 8.50. The number of rotatable bonds is 5. The Morgan fingerprint density at radius 3 is 2.27 bits per heavy atom. The van der Waals surface area contributed by atoms with E-state index < -0.39 is 0 Å². The van der Waals surface area contributed by atoms with Gasteiger partial charge in [-0.3, -0.25) is 4.79 Å². The highest BCUT2D eigenvalue weighted by Gasteiger charge is 2.31. The second-order valence-electron chi connectivity index (χ2n) is 6.19. The van der Waals surface area contributed by atoms with Gasteiger partial charge in [-0.1, -0.05) is 6.92 Å². The molecule has 2 aromatic rings. The van der Waals surface area contributed by atoms with Crippen LogP contribution < -0.4 is 19.9 Å². The standard InChI is InChI=1S/C19H23N3O4/c1-5-16-21-12-6-10(7-13(23)17(12)19(20)22-16)11-8-14(24-2)18(26-4)15(9-11)25-3/h8-10H,5-7H2,1-4H3,(H2,20,21,22)/t10-/m1/s1. The fourth-order valence-corrected chi connectivity index (χ4v) is 3.39. The average Bonchev–Trinajstić information content (AvgIpc) is 2.65. The van der Waals surface area contributed by atoms with Crippen LogP contribution in [0, 0.1) is 0 Å². The monoisotopic (exact) mass is 357 g/mol. The predicted molar refractivity (Wildman–Crippen MR) is 97.3 cm³/mol. The zero-order chi connectivity index (χ0) is 18.8. The normalized spacial score (nSPS) is 16.2. The van der Waals surface area contributed by atoms with Gasteiger partial charge in [-0.15, -0.1) is 0 Å². The molecule has 7 heteroatoms. The van der Waals surface area contributed by atoms with Crippen molar-refractivity contribution in [3.63, 3.8) is 0 Å². The number of carbonyl (C=O) groups excluding carboxylic acids is 1. The minimum atomic E-state index is -0.0392. The minimum absolute atomic E-state index is 0.0369. The van der Waals surface area contributed by atoms with Crippen LogP contribution in [0.1, 0.15) is 46.7 Å². The maximum absolute atomic E-state index is 12.7. The van der Waals surface area contributed by atoms with E-state index in [4.69, 9.17) is 19.9 Å². The van der Waals surface area contributed by atoms with Crippen molar-refractivity contribution in [3.8, 4) is 17.2 Å². The van der Waals surface area contributed by atoms with Crippen molar-refractivity contribution in [2.24, 2.45) is 0 Å². The van der Waals surface area contributed by atoms with E-state index in [1.54, 1.807) is 21.3 Å². The van der Waals surface area contributed by atoms with Crippen LogP contribution in [0.25, 0.3) is 0 Å². The Kier molecular flexibility index (Phi) is 4.97. The Morgan fingerprint density at radius 2 is 1.73 bits per heavy atom. The number of aryl methyl sites for hydroxylation is 1. The first-order chi connectivity index (χ1) is 12.5. The number of Topliss-reactive ketones (excluding diaryl/α,β-unsaturated/α-hetero) is 1. The summed E-state index contributed by atoms with van der Waals surface area (Å²) in [6.07, 6.45) is 1.62. The lowest BCUT2D eigenvalue weighted by atomic mass is 9.81. The van der Waals surface area contributed by atoms with Crippen LogP contribution in [0.4, 0.5) is 5.82 Å². The number of hydrogen-bond donors (Lipinski definition) is 1. The van der Waals surface area contributed by atoms with Crippen LogP contribution in [0.5, 0.6) is 17.2 Å². The summed E-state index contributed by atoms with van der Waals surface area (Å²) in [5, 5.41) is 0. The number of fused-ring (bicyclic) bond motifs is 1. The summed E-state index contributed by atoms with van der Waals surface area (Å²) in [7, 11) is 4.71. The summed E-state index contributed by atoms with van der Waals surface area (Å²) in [6, 6.07) is 3.77. The van der Waals surface area contributed by atoms with Crippen molar-refractivity contribution >= 4 is 11.6 Å². The lowest BCUT2D eigenvalue weighted by Crippen LogP contribution is -2.23. The molecule has 0 aliphatic heterocycles. The molecule has 138 valence electrons. The van der Waals surface area contributed by atoms with Gasteiger partial charge in [-0.05, 0) is 30.0 Å². The van der Waals surface area contributed by atoms with Crippen molar-refractivity contribution < 1.29 is 19.0 Å². The van der Waals surface area contributed by atoms with E-state index in [0.717, 1.165) is 5.56 Å². The second kappa shape index (κ2) is 7.19. The average molecular weight is 357 g/mol. The molecule has 0 amide bonds. The molecule has 0 spiro atoms. The molecule has 3 rings (SSSR count). The summed E-state index contributed by atoms with van der Waals surface area (Å²) < 4.78 is 16.2. The van der Waals surface area contributed by atoms with Gasteiger partial charge >= 0.3 is 0 Å². The number of carbonyl (C=O) groups is 1. The third-order valence-corrected chi connectivity index (χ3v) is 4.68. The molecule has 0 bridgehead atoms. The minimum Gasteiger partial charge on any atom is -0.493 e. The third-order valence-electron chi connectivity index (χ3n) is 4.68. The van der Waals surface area contributed by atoms with E-state index in [-0.39, 0.29) is 17.5 Å². The highest BCUT2D eigenvalue weighted by atomic mass is 16.5. The van der Waals surface area contributed by atoms with E-state index in [1.807, 2.05) is 19.1 Å². The van der Waals surface area contributed by atoms with Gasteiger partial charge in [0.25, 0.3) is 0 Å². The van der Waals surface area contributed by atoms with Gasteiger partial charge < -0.3 is 19.9 Å². The SMILES string of the molecule is CCc1nc(N)c2c(n1)C[C@@H](c1cc(OC)c(OC)c(OC)c1)CC2=O. The number of ketones is 1. The summed E-state index contributed by atoms with van der Waals surface area (Å²) in [4.78, 5) is 21.4. The second-order valence-corrected chi connectivity index (χ2v) is 6.19. The molecule has 2 N–H and O–H groups in total. The number of aromatic nitrogens is 2. The van der Waals surface area contributed by atoms with Crippen molar-refractivity contribution in [1.82, 2.24) is 9.97 Å². The van der Waals surface area contributed by atoms with Crippen LogP contribution in [-0.2, 0) is 12.8 Å². The number of nitrogens with zero attached hydrogens (tertiary/aromatic N) is 2. The highest BCUT2D eigenvalue weighted by Crippen LogP contribution is 2.42. The summed E-state index contributed by atoms with van der Waals surface area (Å²) >= 11 is 0. The number of benzene rings is 1. The largest absolute Gasteiger partial charge is 0.493 e. The van der Waals surface area contributed by atoms with Crippen molar-refractivity contribution in [3.05, 3.63) is 34.8 Å². The Bertz CT molecular complexity index is 826. The smallest absolute Gasteiger partial charge is 0.203 e. The van der Waals surface area contributed by atoms with Gasteiger partial charge in [0.2, 0.25) is 5.75 Å². The molecule has 1 aromatic heterocycles. The van der Waals surface area contributed by atoms with E-state index in [2.05, 4.69) is 9.97 Å². The van der Waals surface area contributed by atoms with Gasteiger partial charge in [0.05, 0.1) is 32.6 Å². The molecular formula is C19H23N3O4. The Labute approximate surface area is 152 Å². The molecule has 0 radical (unpaired) electrons. The van der Waals surface area contributed by atoms with Crippen LogP contribution in [0.3, 0.4) is 0 Å². The maximum atomic E-state index is 12.7. The zero-order valence-corrected chi connectivity index (χ0v) is 15.5. The summed E-state index contributed by atoms with van der Waals surface area (Å²) in [6.45, 7) is 1.96. The van der Waals surface area contributed by atoms with Crippen LogP contribution >= 0.6 is 0 Å². The van der Waals surface area contributed by atoms with Gasteiger partial charge in [-0.2, -0.15) is 0 Å². The molecular weight excluding hydrogens is 334 g/mol. The first-order valence-electron chi connectivity index (χ1n) is 8.50. The predicted octanol–water partition coefficient (Wildman–Crippen LogP) is 2.56. The Hall–Kier alpha value is -2.83. The maximum Gasteiger partial charge on any atom is 0.203 e. The fourth-order valence-electron chi connectivity index (χ4n) is 3.39. The molecule has 1 aliphatic carbocycles. The number of anilines is 1. The Morgan fingerprint density at radius 1 is 1.08 bits per heavy atom. The van der Waals surface area contributed by atoms with Crippen LogP contribution in [-0.4, -0.2) is 37.1 Å². The van der Waals surface area contributed by atoms with E-state index in [9.17, 15) is 4.79 Å². The molecule has 0 fully saturated rings. The highest BCUT2D eigenvalue weighted by molar-refractivity contribution is 6.02. The molecule has 0 saturated carbocycles. The third kappa shape index (κ3) is 3.05. The van der Waals surface area contributed by atoms with Gasteiger partial charge in [0, 0.05) is 12.8 Å². The zero-order valence-electron chi connectivity index (χ0n) is 15.5. The molecule has 1 heterocycles. The van der Waals surface area contributed by atoms with Crippen molar-refractivity contribution in [2.75, 3.05) is 27.1 Å². The summed E-state index contributed by atoms with van der Waals surface area (Å²) in [5.74, 6) is 2.52. The fraction of sp³-hybridized carbons (Fsp3) is 0.421. The number of hydrogen-bond acceptors (Lipinski definition) is 7. The van der Waals surface area contributed by atoms with E-state index in [0.29, 0.717) is 53.6 Å². The van der Waals surface area contributed by atoms with Gasteiger partial charge in [-0.25, -0.2) is 9.97 Å². The first kappa shape index (κ1) is 18.0. The molecule has 7 nitrogen and oxygen atoms in total. The summed E-state index contributed by atoms with van der Waals surface area (Å²) in [5.41, 5.74) is 8.11. The van der Waals surface area contributed by atoms with Crippen LogP contribution in [0.2, 0.25) is 0 Å². The molecule has 0 unspecified atom stereocenters. The number of methoxy groups -OCH3 is 3. The Balaban J connectivity index is 2.04. The van der Waals surface area contributed by atoms with E-state index in [1.165, 1.54) is 0 Å². The number of ether oxygens (including phenoxy) is 3. The van der Waals surface area contributed by atoms with E-state index >= 15 is 0 Å². The van der Waals surface area contributed by atoms with Crippen molar-refractivity contribution in [2.45, 2.75) is 32.1 Å². The molecule has 26 heavy (non-hydrogen) atoms. The number of nitrogen functional groups attached to an aromatic ring is 1. The van der Waals surface area contributed by atoms with Gasteiger partial charge in [0.15, 0.2) is 17.3 Å². The topological polar surface area (TPSA) is 96.6 Å². The lowest BCUT2D eigenvalue weighted by Gasteiger charge is -2.25. The molecule has 1 aliphatic rings. The molecule has 1 atom stereocenters. The molecule has 1 aromatic carbocycles. The number of nitrogens with two attached hydrogens (primary N) is 1. The lowest BCUT2D eigenvalue weighted by molar-refractivity contribution is 0.0963. The quantitative estimate of drug-likeness (QED) is 0.878. The van der Waals surface area contributed by atoms with Crippen molar-refractivity contribution in [1.29, 1.82) is 0 Å². The van der Waals surface area contributed by atoms with Gasteiger partial charge in [0.1, 0.15) is 11.6 Å². The molecule has 0 saturated heterocycles.